The molecule has 2 heterocycles. The Morgan fingerprint density at radius 3 is 3.07 bits per heavy atom. The maximum absolute atomic E-state index is 5.75. The molecule has 4 heteroatoms. The largest absolute Gasteiger partial charge is 0.330 e. The van der Waals surface area contributed by atoms with Gasteiger partial charge >= 0.3 is 0 Å². The minimum Gasteiger partial charge on any atom is -0.330 e. The molecule has 2 atom stereocenters. The minimum absolute atomic E-state index is 0.411. The Hall–Kier alpha value is -0.870. The van der Waals surface area contributed by atoms with E-state index in [2.05, 4.69) is 23.5 Å². The van der Waals surface area contributed by atoms with Gasteiger partial charge in [-0.2, -0.15) is 5.10 Å². The Balaban J connectivity index is 2.25. The first-order valence-corrected chi connectivity index (χ1v) is 5.16. The number of nitrogens with zero attached hydrogens (tertiary/aromatic N) is 2. The lowest BCUT2D eigenvalue weighted by molar-refractivity contribution is 0.471. The van der Waals surface area contributed by atoms with Gasteiger partial charge in [0.2, 0.25) is 0 Å². The summed E-state index contributed by atoms with van der Waals surface area (Å²) in [5.74, 6) is 0.567. The molecule has 1 aliphatic heterocycles. The molecule has 4 nitrogen and oxygen atoms in total. The van der Waals surface area contributed by atoms with Gasteiger partial charge in [0.1, 0.15) is 0 Å². The second-order valence-corrected chi connectivity index (χ2v) is 4.06. The van der Waals surface area contributed by atoms with Gasteiger partial charge in [-0.1, -0.05) is 0 Å². The zero-order valence-electron chi connectivity index (χ0n) is 8.83. The maximum atomic E-state index is 5.75. The summed E-state index contributed by atoms with van der Waals surface area (Å²) in [7, 11) is 1.96. The normalized spacial score (nSPS) is 27.1. The van der Waals surface area contributed by atoms with Gasteiger partial charge in [-0.3, -0.25) is 4.68 Å². The molecule has 0 aliphatic carbocycles. The van der Waals surface area contributed by atoms with Gasteiger partial charge in [0, 0.05) is 24.8 Å². The van der Waals surface area contributed by atoms with Crippen LogP contribution in [-0.2, 0) is 7.05 Å². The molecule has 14 heavy (non-hydrogen) atoms. The molecule has 78 valence electrons. The number of aryl methyl sites for hydroxylation is 2. The summed E-state index contributed by atoms with van der Waals surface area (Å²) in [6.45, 7) is 3.88. The van der Waals surface area contributed by atoms with Gasteiger partial charge in [-0.25, -0.2) is 0 Å². The molecule has 2 unspecified atom stereocenters. The van der Waals surface area contributed by atoms with Crippen molar-refractivity contribution in [1.82, 2.24) is 15.1 Å². The summed E-state index contributed by atoms with van der Waals surface area (Å²) in [5.41, 5.74) is 8.17. The van der Waals surface area contributed by atoms with E-state index in [4.69, 9.17) is 5.73 Å². The fraction of sp³-hybridized carbons (Fsp3) is 0.700. The van der Waals surface area contributed by atoms with Crippen LogP contribution in [0, 0.1) is 12.8 Å². The Kier molecular flexibility index (Phi) is 2.56. The summed E-state index contributed by atoms with van der Waals surface area (Å²) in [6.07, 6.45) is 3.27. The second kappa shape index (κ2) is 3.71. The number of nitrogens with two attached hydrogens (primary N) is 1. The summed E-state index contributed by atoms with van der Waals surface area (Å²) < 4.78 is 1.87. The third-order valence-corrected chi connectivity index (χ3v) is 3.04. The summed E-state index contributed by atoms with van der Waals surface area (Å²) in [5, 5.41) is 7.85. The van der Waals surface area contributed by atoms with E-state index >= 15 is 0 Å². The van der Waals surface area contributed by atoms with Crippen molar-refractivity contribution in [3.8, 4) is 0 Å². The highest BCUT2D eigenvalue weighted by Gasteiger charge is 2.29. The van der Waals surface area contributed by atoms with Gasteiger partial charge in [0.05, 0.1) is 5.69 Å². The van der Waals surface area contributed by atoms with Crippen molar-refractivity contribution in [1.29, 1.82) is 0 Å². The van der Waals surface area contributed by atoms with E-state index in [1.807, 2.05) is 11.7 Å². The molecular formula is C10H18N4. The van der Waals surface area contributed by atoms with Crippen molar-refractivity contribution < 1.29 is 0 Å². The topological polar surface area (TPSA) is 55.9 Å². The van der Waals surface area contributed by atoms with Crippen LogP contribution in [-0.4, -0.2) is 22.9 Å². The third-order valence-electron chi connectivity index (χ3n) is 3.04. The van der Waals surface area contributed by atoms with Gasteiger partial charge < -0.3 is 11.1 Å². The average Bonchev–Trinajstić information content (AvgIpc) is 2.71. The van der Waals surface area contributed by atoms with Gasteiger partial charge in [0.15, 0.2) is 0 Å². The van der Waals surface area contributed by atoms with Crippen LogP contribution in [0.1, 0.15) is 23.7 Å². The first kappa shape index (κ1) is 9.68. The number of rotatable bonds is 2. The molecule has 1 aromatic heterocycles. The van der Waals surface area contributed by atoms with E-state index in [1.165, 1.54) is 12.0 Å². The maximum Gasteiger partial charge on any atom is 0.0641 e. The van der Waals surface area contributed by atoms with Crippen molar-refractivity contribution in [3.63, 3.8) is 0 Å². The number of nitrogens with one attached hydrogen (secondary N) is 1. The van der Waals surface area contributed by atoms with E-state index in [-0.39, 0.29) is 0 Å². The minimum atomic E-state index is 0.411. The number of aromatic nitrogens is 2. The van der Waals surface area contributed by atoms with E-state index < -0.39 is 0 Å². The molecule has 0 bridgehead atoms. The smallest absolute Gasteiger partial charge is 0.0641 e. The average molecular weight is 194 g/mol. The molecule has 1 saturated heterocycles. The molecule has 0 amide bonds. The number of hydrogen-bond donors (Lipinski definition) is 2. The summed E-state index contributed by atoms with van der Waals surface area (Å²) in [6, 6.07) is 0.411. The van der Waals surface area contributed by atoms with Crippen LogP contribution < -0.4 is 11.1 Å². The lowest BCUT2D eigenvalue weighted by atomic mass is 9.95. The van der Waals surface area contributed by atoms with Crippen molar-refractivity contribution in [2.45, 2.75) is 19.4 Å². The van der Waals surface area contributed by atoms with E-state index in [1.54, 1.807) is 0 Å². The Morgan fingerprint density at radius 2 is 2.50 bits per heavy atom. The standard InChI is InChI=1S/C10H18N4/c1-7-9(6-14(2)13-7)10-8(5-11)3-4-12-10/h6,8,10,12H,3-5,11H2,1-2H3. The lowest BCUT2D eigenvalue weighted by Gasteiger charge is -2.16. The van der Waals surface area contributed by atoms with Crippen molar-refractivity contribution in [2.75, 3.05) is 13.1 Å². The summed E-state index contributed by atoms with van der Waals surface area (Å²) in [4.78, 5) is 0. The predicted molar refractivity (Wildman–Crippen MR) is 55.9 cm³/mol. The van der Waals surface area contributed by atoms with Crippen molar-refractivity contribution in [2.24, 2.45) is 18.7 Å². The van der Waals surface area contributed by atoms with Crippen molar-refractivity contribution >= 4 is 0 Å². The monoisotopic (exact) mass is 194 g/mol. The van der Waals surface area contributed by atoms with E-state index in [0.717, 1.165) is 18.8 Å². The SMILES string of the molecule is Cc1nn(C)cc1C1NCCC1CN. The molecule has 1 aromatic rings. The Morgan fingerprint density at radius 1 is 1.71 bits per heavy atom. The molecular weight excluding hydrogens is 176 g/mol. The zero-order valence-corrected chi connectivity index (χ0v) is 8.83. The fourth-order valence-corrected chi connectivity index (χ4v) is 2.30. The molecule has 1 fully saturated rings. The van der Waals surface area contributed by atoms with Crippen molar-refractivity contribution in [3.05, 3.63) is 17.5 Å². The zero-order chi connectivity index (χ0) is 10.1. The fourth-order valence-electron chi connectivity index (χ4n) is 2.30. The molecule has 0 spiro atoms. The molecule has 0 saturated carbocycles. The molecule has 0 aromatic carbocycles. The van der Waals surface area contributed by atoms with E-state index in [0.29, 0.717) is 12.0 Å². The lowest BCUT2D eigenvalue weighted by Crippen LogP contribution is -2.23. The predicted octanol–water partition coefficient (Wildman–Crippen LogP) is 0.338. The molecule has 0 radical (unpaired) electrons. The molecule has 3 N–H and O–H groups in total. The molecule has 1 aliphatic rings. The van der Waals surface area contributed by atoms with Crippen LogP contribution in [0.25, 0.3) is 0 Å². The van der Waals surface area contributed by atoms with Gasteiger partial charge in [0.25, 0.3) is 0 Å². The van der Waals surface area contributed by atoms with Crippen LogP contribution in [0.2, 0.25) is 0 Å². The van der Waals surface area contributed by atoms with Gasteiger partial charge in [-0.15, -0.1) is 0 Å². The number of hydrogen-bond acceptors (Lipinski definition) is 3. The second-order valence-electron chi connectivity index (χ2n) is 4.06. The highest BCUT2D eigenvalue weighted by Crippen LogP contribution is 2.29. The van der Waals surface area contributed by atoms with Crippen LogP contribution in [0.15, 0.2) is 6.20 Å². The van der Waals surface area contributed by atoms with Gasteiger partial charge in [-0.05, 0) is 32.4 Å². The molecule has 2 rings (SSSR count). The van der Waals surface area contributed by atoms with Crippen LogP contribution in [0.4, 0.5) is 0 Å². The first-order valence-electron chi connectivity index (χ1n) is 5.16. The Bertz CT molecular complexity index is 318. The Labute approximate surface area is 84.5 Å². The third kappa shape index (κ3) is 1.55. The van der Waals surface area contributed by atoms with Crippen LogP contribution in [0.3, 0.4) is 0 Å². The summed E-state index contributed by atoms with van der Waals surface area (Å²) >= 11 is 0. The highest BCUT2D eigenvalue weighted by atomic mass is 15.3. The van der Waals surface area contributed by atoms with E-state index in [9.17, 15) is 0 Å². The van der Waals surface area contributed by atoms with Crippen LogP contribution >= 0.6 is 0 Å². The first-order chi connectivity index (χ1) is 6.72. The van der Waals surface area contributed by atoms with Crippen LogP contribution in [0.5, 0.6) is 0 Å². The quantitative estimate of drug-likeness (QED) is 0.713. The highest BCUT2D eigenvalue weighted by molar-refractivity contribution is 5.22.